The summed E-state index contributed by atoms with van der Waals surface area (Å²) in [6, 6.07) is 4.09. The first-order valence-electron chi connectivity index (χ1n) is 9.09. The highest BCUT2D eigenvalue weighted by molar-refractivity contribution is 5.99. The average molecular weight is 377 g/mol. The molecule has 1 saturated heterocycles. The molecule has 0 radical (unpaired) electrons. The van der Waals surface area contributed by atoms with E-state index in [0.29, 0.717) is 24.5 Å². The molecule has 0 saturated carbocycles. The van der Waals surface area contributed by atoms with Gasteiger partial charge in [0, 0.05) is 25.2 Å². The summed E-state index contributed by atoms with van der Waals surface area (Å²) in [4.78, 5) is 16.3. The number of rotatable bonds is 6. The lowest BCUT2D eigenvalue weighted by Crippen LogP contribution is -2.32. The van der Waals surface area contributed by atoms with Gasteiger partial charge in [0.1, 0.15) is 0 Å². The molecule has 1 aliphatic rings. The van der Waals surface area contributed by atoms with Crippen LogP contribution in [0.4, 0.5) is 10.2 Å². The summed E-state index contributed by atoms with van der Waals surface area (Å²) >= 11 is 0. The highest BCUT2D eigenvalue weighted by Crippen LogP contribution is 2.34. The number of benzene rings is 1. The standard InChI is InChI=1S/C19H24FN3O4/c1-3-7-22-8-4-9-23(11-10-22)18-16(19(24)25)17(27-21-18)13-5-6-14(20)15(12-13)26-2/h5-6,12H,3-4,7-11H2,1-2H3,(H,24,25). The van der Waals surface area contributed by atoms with E-state index in [2.05, 4.69) is 17.0 Å². The quantitative estimate of drug-likeness (QED) is 0.829. The SMILES string of the molecule is CCCN1CCCN(c2noc(-c3ccc(F)c(OC)c3)c2C(=O)O)CC1. The van der Waals surface area contributed by atoms with Crippen molar-refractivity contribution in [3.63, 3.8) is 0 Å². The number of carbonyl (C=O) groups is 1. The molecule has 0 spiro atoms. The van der Waals surface area contributed by atoms with Crippen LogP contribution in [0, 0.1) is 5.82 Å². The molecule has 1 aliphatic heterocycles. The number of carboxylic acids is 1. The van der Waals surface area contributed by atoms with Crippen molar-refractivity contribution in [2.45, 2.75) is 19.8 Å². The Morgan fingerprint density at radius 3 is 2.85 bits per heavy atom. The molecule has 0 amide bonds. The number of hydrogen-bond donors (Lipinski definition) is 1. The monoisotopic (exact) mass is 377 g/mol. The number of nitrogens with zero attached hydrogens (tertiary/aromatic N) is 3. The lowest BCUT2D eigenvalue weighted by Gasteiger charge is -2.21. The highest BCUT2D eigenvalue weighted by atomic mass is 19.1. The predicted octanol–water partition coefficient (Wildman–Crippen LogP) is 3.11. The minimum absolute atomic E-state index is 0.00685. The molecule has 1 aromatic carbocycles. The molecule has 8 heteroatoms. The van der Waals surface area contributed by atoms with Gasteiger partial charge in [0.05, 0.1) is 7.11 Å². The molecule has 146 valence electrons. The molecule has 0 aliphatic carbocycles. The zero-order chi connectivity index (χ0) is 19.4. The van der Waals surface area contributed by atoms with Crippen LogP contribution in [-0.4, -0.2) is 61.0 Å². The summed E-state index contributed by atoms with van der Waals surface area (Å²) in [7, 11) is 1.35. The van der Waals surface area contributed by atoms with Crippen LogP contribution in [0.2, 0.25) is 0 Å². The van der Waals surface area contributed by atoms with E-state index in [-0.39, 0.29) is 17.1 Å². The molecule has 0 atom stereocenters. The van der Waals surface area contributed by atoms with E-state index in [4.69, 9.17) is 9.26 Å². The van der Waals surface area contributed by atoms with Crippen LogP contribution in [0.25, 0.3) is 11.3 Å². The molecule has 2 heterocycles. The minimum atomic E-state index is -1.13. The normalized spacial score (nSPS) is 15.6. The Balaban J connectivity index is 1.93. The van der Waals surface area contributed by atoms with Crippen molar-refractivity contribution in [3.05, 3.63) is 29.6 Å². The third kappa shape index (κ3) is 4.05. The topological polar surface area (TPSA) is 79.0 Å². The van der Waals surface area contributed by atoms with Crippen molar-refractivity contribution in [1.29, 1.82) is 0 Å². The smallest absolute Gasteiger partial charge is 0.343 e. The molecule has 0 unspecified atom stereocenters. The van der Waals surface area contributed by atoms with Gasteiger partial charge in [-0.2, -0.15) is 0 Å². The summed E-state index contributed by atoms with van der Waals surface area (Å²) in [6.07, 6.45) is 2.01. The van der Waals surface area contributed by atoms with Crippen LogP contribution < -0.4 is 9.64 Å². The van der Waals surface area contributed by atoms with Gasteiger partial charge in [-0.15, -0.1) is 0 Å². The predicted molar refractivity (Wildman–Crippen MR) is 99.0 cm³/mol. The van der Waals surface area contributed by atoms with Crippen LogP contribution in [0.15, 0.2) is 22.7 Å². The van der Waals surface area contributed by atoms with Gasteiger partial charge in [-0.05, 0) is 44.1 Å². The molecular formula is C19H24FN3O4. The second kappa shape index (κ2) is 8.39. The largest absolute Gasteiger partial charge is 0.494 e. The zero-order valence-corrected chi connectivity index (χ0v) is 15.6. The fourth-order valence-corrected chi connectivity index (χ4v) is 3.41. The minimum Gasteiger partial charge on any atom is -0.494 e. The molecular weight excluding hydrogens is 353 g/mol. The van der Waals surface area contributed by atoms with Crippen molar-refractivity contribution in [1.82, 2.24) is 10.1 Å². The second-order valence-corrected chi connectivity index (χ2v) is 6.55. The summed E-state index contributed by atoms with van der Waals surface area (Å²) in [5, 5.41) is 13.8. The van der Waals surface area contributed by atoms with Gasteiger partial charge in [-0.1, -0.05) is 12.1 Å². The number of halogens is 1. The van der Waals surface area contributed by atoms with Gasteiger partial charge < -0.3 is 24.2 Å². The van der Waals surface area contributed by atoms with E-state index in [0.717, 1.165) is 32.5 Å². The lowest BCUT2D eigenvalue weighted by molar-refractivity contribution is 0.0698. The van der Waals surface area contributed by atoms with Crippen molar-refractivity contribution in [2.24, 2.45) is 0 Å². The van der Waals surface area contributed by atoms with Crippen LogP contribution in [-0.2, 0) is 0 Å². The molecule has 0 bridgehead atoms. The fraction of sp³-hybridized carbons (Fsp3) is 0.474. The van der Waals surface area contributed by atoms with Crippen LogP contribution in [0.5, 0.6) is 5.75 Å². The average Bonchev–Trinajstić information content (AvgIpc) is 2.97. The number of aromatic carboxylic acids is 1. The van der Waals surface area contributed by atoms with Crippen LogP contribution in [0.3, 0.4) is 0 Å². The highest BCUT2D eigenvalue weighted by Gasteiger charge is 2.29. The number of anilines is 1. The summed E-state index contributed by atoms with van der Waals surface area (Å²) in [5.74, 6) is -1.21. The Bertz CT molecular complexity index is 808. The maximum absolute atomic E-state index is 13.7. The van der Waals surface area contributed by atoms with Crippen LogP contribution >= 0.6 is 0 Å². The van der Waals surface area contributed by atoms with E-state index in [1.54, 1.807) is 0 Å². The van der Waals surface area contributed by atoms with Crippen molar-refractivity contribution < 1.29 is 23.6 Å². The van der Waals surface area contributed by atoms with Gasteiger partial charge in [0.15, 0.2) is 28.7 Å². The Morgan fingerprint density at radius 2 is 2.15 bits per heavy atom. The van der Waals surface area contributed by atoms with E-state index in [9.17, 15) is 14.3 Å². The zero-order valence-electron chi connectivity index (χ0n) is 15.6. The Labute approximate surface area is 157 Å². The number of ether oxygens (including phenoxy) is 1. The van der Waals surface area contributed by atoms with Gasteiger partial charge >= 0.3 is 5.97 Å². The third-order valence-electron chi connectivity index (χ3n) is 4.73. The van der Waals surface area contributed by atoms with Crippen molar-refractivity contribution in [3.8, 4) is 17.1 Å². The van der Waals surface area contributed by atoms with E-state index < -0.39 is 11.8 Å². The third-order valence-corrected chi connectivity index (χ3v) is 4.73. The van der Waals surface area contributed by atoms with Crippen LogP contribution in [0.1, 0.15) is 30.1 Å². The Hall–Kier alpha value is -2.61. The number of aromatic nitrogens is 1. The maximum Gasteiger partial charge on any atom is 0.343 e. The summed E-state index contributed by atoms with van der Waals surface area (Å²) < 4.78 is 24.1. The number of methoxy groups -OCH3 is 1. The van der Waals surface area contributed by atoms with Gasteiger partial charge in [-0.25, -0.2) is 9.18 Å². The first-order chi connectivity index (χ1) is 13.0. The molecule has 27 heavy (non-hydrogen) atoms. The number of carboxylic acid groups (broad SMARTS) is 1. The maximum atomic E-state index is 13.7. The molecule has 7 nitrogen and oxygen atoms in total. The van der Waals surface area contributed by atoms with Crippen molar-refractivity contribution >= 4 is 11.8 Å². The Morgan fingerprint density at radius 1 is 1.33 bits per heavy atom. The summed E-state index contributed by atoms with van der Waals surface area (Å²) in [6.45, 7) is 6.38. The fourth-order valence-electron chi connectivity index (χ4n) is 3.41. The lowest BCUT2D eigenvalue weighted by atomic mass is 10.1. The van der Waals surface area contributed by atoms with Crippen molar-refractivity contribution in [2.75, 3.05) is 44.7 Å². The van der Waals surface area contributed by atoms with E-state index >= 15 is 0 Å². The molecule has 1 N–H and O–H groups in total. The molecule has 1 aromatic heterocycles. The first-order valence-corrected chi connectivity index (χ1v) is 9.09. The van der Waals surface area contributed by atoms with Gasteiger partial charge in [0.2, 0.25) is 0 Å². The van der Waals surface area contributed by atoms with Gasteiger partial charge in [-0.3, -0.25) is 0 Å². The molecule has 1 fully saturated rings. The van der Waals surface area contributed by atoms with Gasteiger partial charge in [0.25, 0.3) is 0 Å². The molecule has 2 aromatic rings. The Kier molecular flexibility index (Phi) is 5.95. The molecule has 3 rings (SSSR count). The van der Waals surface area contributed by atoms with E-state index in [1.165, 1.54) is 25.3 Å². The second-order valence-electron chi connectivity index (χ2n) is 6.55. The summed E-state index contributed by atoms with van der Waals surface area (Å²) in [5.41, 5.74) is 0.402. The van der Waals surface area contributed by atoms with E-state index in [1.807, 2.05) is 4.90 Å². The first kappa shape index (κ1) is 19.2. The number of hydrogen-bond acceptors (Lipinski definition) is 6.